The molecule has 1 aromatic carbocycles. The second kappa shape index (κ2) is 11.1. The van der Waals surface area contributed by atoms with Crippen LogP contribution in [0.25, 0.3) is 0 Å². The van der Waals surface area contributed by atoms with Crippen LogP contribution in [0.3, 0.4) is 0 Å². The molecule has 148 valence electrons. The molecule has 0 radical (unpaired) electrons. The molecular weight excluding hydrogens is 378 g/mol. The number of likely N-dealkylation sites (N-methyl/N-ethyl adjacent to an activating group) is 1. The number of benzene rings is 1. The highest BCUT2D eigenvalue weighted by molar-refractivity contribution is 6.32. The molecule has 1 aromatic rings. The lowest BCUT2D eigenvalue weighted by Gasteiger charge is -2.20. The SMILES string of the molecule is CCCCN(CC)C(=O)COC(=O)CNC(=O)c1ccc(Cl)c([N+](=O)[O-])c1. The fourth-order valence-corrected chi connectivity index (χ4v) is 2.33. The predicted octanol–water partition coefficient (Wildman–Crippen LogP) is 2.17. The van der Waals surface area contributed by atoms with Gasteiger partial charge in [0.05, 0.1) is 4.92 Å². The highest BCUT2D eigenvalue weighted by Crippen LogP contribution is 2.24. The van der Waals surface area contributed by atoms with E-state index in [-0.39, 0.29) is 16.5 Å². The molecule has 0 fully saturated rings. The van der Waals surface area contributed by atoms with Crippen LogP contribution in [0.1, 0.15) is 37.0 Å². The molecule has 0 aromatic heterocycles. The summed E-state index contributed by atoms with van der Waals surface area (Å²) in [4.78, 5) is 47.4. The van der Waals surface area contributed by atoms with Crippen molar-refractivity contribution in [3.05, 3.63) is 38.9 Å². The van der Waals surface area contributed by atoms with Crippen LogP contribution in [0.4, 0.5) is 5.69 Å². The van der Waals surface area contributed by atoms with Crippen molar-refractivity contribution in [2.75, 3.05) is 26.2 Å². The lowest BCUT2D eigenvalue weighted by Crippen LogP contribution is -2.37. The zero-order valence-corrected chi connectivity index (χ0v) is 16.0. The molecule has 1 N–H and O–H groups in total. The van der Waals surface area contributed by atoms with Gasteiger partial charge in [0, 0.05) is 24.7 Å². The average molecular weight is 400 g/mol. The van der Waals surface area contributed by atoms with Crippen molar-refractivity contribution in [3.8, 4) is 0 Å². The number of carbonyl (C=O) groups excluding carboxylic acids is 3. The smallest absolute Gasteiger partial charge is 0.325 e. The van der Waals surface area contributed by atoms with Crippen LogP contribution in [-0.2, 0) is 14.3 Å². The van der Waals surface area contributed by atoms with Crippen molar-refractivity contribution in [2.45, 2.75) is 26.7 Å². The lowest BCUT2D eigenvalue weighted by atomic mass is 10.2. The zero-order chi connectivity index (χ0) is 20.4. The number of ether oxygens (including phenoxy) is 1. The summed E-state index contributed by atoms with van der Waals surface area (Å²) in [6, 6.07) is 3.53. The van der Waals surface area contributed by atoms with Crippen LogP contribution >= 0.6 is 11.6 Å². The lowest BCUT2D eigenvalue weighted by molar-refractivity contribution is -0.384. The summed E-state index contributed by atoms with van der Waals surface area (Å²) >= 11 is 5.68. The summed E-state index contributed by atoms with van der Waals surface area (Å²) in [7, 11) is 0. The number of nitrogens with zero attached hydrogens (tertiary/aromatic N) is 2. The van der Waals surface area contributed by atoms with E-state index >= 15 is 0 Å². The first-order valence-electron chi connectivity index (χ1n) is 8.45. The normalized spacial score (nSPS) is 10.2. The number of nitro groups is 1. The minimum atomic E-state index is -0.785. The first-order valence-corrected chi connectivity index (χ1v) is 8.83. The number of hydrogen-bond donors (Lipinski definition) is 1. The molecule has 0 heterocycles. The molecule has 0 saturated carbocycles. The van der Waals surface area contributed by atoms with Crippen molar-refractivity contribution in [2.24, 2.45) is 0 Å². The minimum absolute atomic E-state index is 0.0216. The summed E-state index contributed by atoms with van der Waals surface area (Å²) in [6.07, 6.45) is 1.80. The second-order valence-corrected chi connectivity index (χ2v) is 6.00. The molecule has 0 bridgehead atoms. The molecular formula is C17H22ClN3O6. The van der Waals surface area contributed by atoms with Gasteiger partial charge >= 0.3 is 5.97 Å². The van der Waals surface area contributed by atoms with Crippen molar-refractivity contribution < 1.29 is 24.0 Å². The van der Waals surface area contributed by atoms with Crippen LogP contribution < -0.4 is 5.32 Å². The maximum absolute atomic E-state index is 12.0. The monoisotopic (exact) mass is 399 g/mol. The fourth-order valence-electron chi connectivity index (χ4n) is 2.14. The fraction of sp³-hybridized carbons (Fsp3) is 0.471. The number of carbonyl (C=O) groups is 3. The van der Waals surface area contributed by atoms with Gasteiger partial charge < -0.3 is 15.0 Å². The molecule has 0 aliphatic heterocycles. The Bertz CT molecular complexity index is 710. The second-order valence-electron chi connectivity index (χ2n) is 5.59. The molecule has 0 atom stereocenters. The Hall–Kier alpha value is -2.68. The molecule has 0 aliphatic rings. The number of amides is 2. The number of esters is 1. The molecule has 27 heavy (non-hydrogen) atoms. The van der Waals surface area contributed by atoms with Crippen LogP contribution in [0.5, 0.6) is 0 Å². The largest absolute Gasteiger partial charge is 0.454 e. The van der Waals surface area contributed by atoms with Crippen LogP contribution in [-0.4, -0.2) is 53.8 Å². The third kappa shape index (κ3) is 7.22. The van der Waals surface area contributed by atoms with Gasteiger partial charge in [-0.2, -0.15) is 0 Å². The summed E-state index contributed by atoms with van der Waals surface area (Å²) in [6.45, 7) is 4.08. The van der Waals surface area contributed by atoms with Gasteiger partial charge in [-0.15, -0.1) is 0 Å². The number of nitro benzene ring substituents is 1. The molecule has 2 amide bonds. The highest BCUT2D eigenvalue weighted by atomic mass is 35.5. The third-order valence-electron chi connectivity index (χ3n) is 3.67. The maximum atomic E-state index is 12.0. The van der Waals surface area contributed by atoms with Gasteiger partial charge in [-0.05, 0) is 25.5 Å². The standard InChI is InChI=1S/C17H22ClN3O6/c1-3-5-8-20(4-2)15(22)11-27-16(23)10-19-17(24)12-6-7-13(18)14(9-12)21(25)26/h6-7,9H,3-5,8,10-11H2,1-2H3,(H,19,24). The van der Waals surface area contributed by atoms with E-state index < -0.39 is 35.6 Å². The van der Waals surface area contributed by atoms with E-state index in [9.17, 15) is 24.5 Å². The Morgan fingerprint density at radius 1 is 1.30 bits per heavy atom. The van der Waals surface area contributed by atoms with E-state index in [4.69, 9.17) is 16.3 Å². The molecule has 9 nitrogen and oxygen atoms in total. The third-order valence-corrected chi connectivity index (χ3v) is 3.99. The number of nitrogens with one attached hydrogen (secondary N) is 1. The van der Waals surface area contributed by atoms with E-state index in [1.807, 2.05) is 13.8 Å². The van der Waals surface area contributed by atoms with E-state index in [2.05, 4.69) is 5.32 Å². The number of rotatable bonds is 10. The Morgan fingerprint density at radius 2 is 2.00 bits per heavy atom. The maximum Gasteiger partial charge on any atom is 0.325 e. The van der Waals surface area contributed by atoms with Gasteiger partial charge in [-0.25, -0.2) is 0 Å². The quantitative estimate of drug-likeness (QED) is 0.366. The van der Waals surface area contributed by atoms with Gasteiger partial charge in [0.15, 0.2) is 6.61 Å². The molecule has 0 spiro atoms. The van der Waals surface area contributed by atoms with E-state index in [1.165, 1.54) is 12.1 Å². The Balaban J connectivity index is 2.50. The number of unbranched alkanes of at least 4 members (excludes halogenated alkanes) is 1. The van der Waals surface area contributed by atoms with Crippen LogP contribution in [0.2, 0.25) is 5.02 Å². The molecule has 0 unspecified atom stereocenters. The molecule has 0 saturated heterocycles. The molecule has 0 aliphatic carbocycles. The zero-order valence-electron chi connectivity index (χ0n) is 15.2. The summed E-state index contributed by atoms with van der Waals surface area (Å²) in [5.41, 5.74) is -0.434. The van der Waals surface area contributed by atoms with Gasteiger partial charge in [-0.1, -0.05) is 24.9 Å². The molecule has 1 rings (SSSR count). The van der Waals surface area contributed by atoms with Crippen molar-refractivity contribution in [1.29, 1.82) is 0 Å². The predicted molar refractivity (Wildman–Crippen MR) is 98.6 cm³/mol. The van der Waals surface area contributed by atoms with Crippen molar-refractivity contribution in [3.63, 3.8) is 0 Å². The first kappa shape index (κ1) is 22.4. The Labute approximate surface area is 161 Å². The van der Waals surface area contributed by atoms with E-state index in [0.29, 0.717) is 13.1 Å². The van der Waals surface area contributed by atoms with Crippen molar-refractivity contribution in [1.82, 2.24) is 10.2 Å². The average Bonchev–Trinajstić information content (AvgIpc) is 2.65. The topological polar surface area (TPSA) is 119 Å². The van der Waals surface area contributed by atoms with E-state index in [1.54, 1.807) is 4.90 Å². The Kier molecular flexibility index (Phi) is 9.21. The number of hydrogen-bond acceptors (Lipinski definition) is 6. The van der Waals surface area contributed by atoms with Gasteiger partial charge in [0.1, 0.15) is 11.6 Å². The molecule has 10 heteroatoms. The van der Waals surface area contributed by atoms with E-state index in [0.717, 1.165) is 18.9 Å². The van der Waals surface area contributed by atoms with Gasteiger partial charge in [0.25, 0.3) is 17.5 Å². The minimum Gasteiger partial charge on any atom is -0.454 e. The first-order chi connectivity index (χ1) is 12.8. The highest BCUT2D eigenvalue weighted by Gasteiger charge is 2.18. The summed E-state index contributed by atoms with van der Waals surface area (Å²) in [5, 5.41) is 13.0. The number of halogens is 1. The van der Waals surface area contributed by atoms with Gasteiger partial charge in [-0.3, -0.25) is 24.5 Å². The van der Waals surface area contributed by atoms with Crippen LogP contribution in [0.15, 0.2) is 18.2 Å². The van der Waals surface area contributed by atoms with Crippen LogP contribution in [0, 0.1) is 10.1 Å². The summed E-state index contributed by atoms with van der Waals surface area (Å²) < 4.78 is 4.86. The van der Waals surface area contributed by atoms with Gasteiger partial charge in [0.2, 0.25) is 0 Å². The Morgan fingerprint density at radius 3 is 2.59 bits per heavy atom. The summed E-state index contributed by atoms with van der Waals surface area (Å²) in [5.74, 6) is -1.79. The van der Waals surface area contributed by atoms with Crippen molar-refractivity contribution >= 4 is 35.1 Å².